The van der Waals surface area contributed by atoms with Gasteiger partial charge < -0.3 is 20.6 Å². The summed E-state index contributed by atoms with van der Waals surface area (Å²) in [6.07, 6.45) is 2.32. The maximum Gasteiger partial charge on any atom is 0.250 e. The van der Waals surface area contributed by atoms with E-state index in [-0.39, 0.29) is 16.9 Å². The Balaban J connectivity index is 2.03. The second kappa shape index (κ2) is 10.5. The molecular formula is C16H25BrN6O3S2. The molecular weight excluding hydrogens is 468 g/mol. The van der Waals surface area contributed by atoms with Crippen LogP contribution in [0.15, 0.2) is 26.3 Å². The molecule has 0 aliphatic rings. The maximum absolute atomic E-state index is 12.4. The molecule has 28 heavy (non-hydrogen) atoms. The second-order valence-electron chi connectivity index (χ2n) is 6.45. The van der Waals surface area contributed by atoms with Gasteiger partial charge >= 0.3 is 0 Å². The van der Waals surface area contributed by atoms with Gasteiger partial charge in [-0.25, -0.2) is 18.1 Å². The summed E-state index contributed by atoms with van der Waals surface area (Å²) in [6.45, 7) is 2.98. The van der Waals surface area contributed by atoms with Gasteiger partial charge in [0.15, 0.2) is 0 Å². The van der Waals surface area contributed by atoms with Crippen molar-refractivity contribution in [2.75, 3.05) is 44.4 Å². The van der Waals surface area contributed by atoms with Crippen LogP contribution in [0.5, 0.6) is 0 Å². The number of sulfonamides is 1. The van der Waals surface area contributed by atoms with Crippen molar-refractivity contribution in [1.29, 1.82) is 0 Å². The Morgan fingerprint density at radius 2 is 2.14 bits per heavy atom. The van der Waals surface area contributed by atoms with Crippen molar-refractivity contribution in [3.8, 4) is 0 Å². The molecule has 12 heteroatoms. The predicted octanol–water partition coefficient (Wildman–Crippen LogP) is 2.07. The predicted molar refractivity (Wildman–Crippen MR) is 116 cm³/mol. The van der Waals surface area contributed by atoms with E-state index in [4.69, 9.17) is 0 Å². The van der Waals surface area contributed by atoms with Gasteiger partial charge in [0.25, 0.3) is 0 Å². The summed E-state index contributed by atoms with van der Waals surface area (Å²) in [5, 5.41) is 16.9. The first kappa shape index (κ1) is 23.0. The smallest absolute Gasteiger partial charge is 0.250 e. The van der Waals surface area contributed by atoms with E-state index < -0.39 is 10.0 Å². The van der Waals surface area contributed by atoms with E-state index in [1.807, 2.05) is 25.9 Å². The number of nitrogens with zero attached hydrogens (tertiary/aromatic N) is 3. The van der Waals surface area contributed by atoms with Crippen LogP contribution in [0.4, 0.5) is 17.5 Å². The van der Waals surface area contributed by atoms with Gasteiger partial charge in [0.1, 0.15) is 10.0 Å². The molecule has 0 fully saturated rings. The fourth-order valence-corrected chi connectivity index (χ4v) is 4.67. The van der Waals surface area contributed by atoms with Gasteiger partial charge in [0.05, 0.1) is 16.8 Å². The fraction of sp³-hybridized carbons (Fsp3) is 0.500. The Morgan fingerprint density at radius 1 is 1.39 bits per heavy atom. The number of anilines is 3. The largest absolute Gasteiger partial charge is 0.394 e. The number of thiophene rings is 1. The molecule has 0 saturated heterocycles. The quantitative estimate of drug-likeness (QED) is 0.352. The zero-order valence-corrected chi connectivity index (χ0v) is 19.2. The SMILES string of the molecule is C[C@H](CO)Nc1nc(Nc2csc(S(=O)(=O)NCCCN(C)C)c2)ncc1Br. The lowest BCUT2D eigenvalue weighted by Crippen LogP contribution is -2.26. The highest BCUT2D eigenvalue weighted by molar-refractivity contribution is 9.10. The highest BCUT2D eigenvalue weighted by atomic mass is 79.9. The Kier molecular flexibility index (Phi) is 8.58. The molecule has 0 aliphatic carbocycles. The lowest BCUT2D eigenvalue weighted by Gasteiger charge is -2.13. The molecule has 4 N–H and O–H groups in total. The molecule has 0 radical (unpaired) electrons. The minimum absolute atomic E-state index is 0.0352. The average molecular weight is 493 g/mol. The van der Waals surface area contributed by atoms with E-state index in [2.05, 4.69) is 41.3 Å². The second-order valence-corrected chi connectivity index (χ2v) is 10.2. The lowest BCUT2D eigenvalue weighted by atomic mass is 10.3. The van der Waals surface area contributed by atoms with Crippen LogP contribution in [-0.4, -0.2) is 68.2 Å². The normalized spacial score (nSPS) is 12.9. The molecule has 2 aromatic heterocycles. The van der Waals surface area contributed by atoms with Gasteiger partial charge in [0, 0.05) is 24.2 Å². The summed E-state index contributed by atoms with van der Waals surface area (Å²) in [6, 6.07) is 1.38. The number of aliphatic hydroxyl groups is 1. The van der Waals surface area contributed by atoms with Crippen LogP contribution in [0.1, 0.15) is 13.3 Å². The molecule has 0 amide bonds. The lowest BCUT2D eigenvalue weighted by molar-refractivity contribution is 0.281. The van der Waals surface area contributed by atoms with Gasteiger partial charge in [0.2, 0.25) is 16.0 Å². The molecule has 1 atom stereocenters. The minimum atomic E-state index is -3.54. The van der Waals surface area contributed by atoms with Crippen LogP contribution in [-0.2, 0) is 10.0 Å². The molecule has 0 aliphatic heterocycles. The number of hydrogen-bond donors (Lipinski definition) is 4. The number of rotatable bonds is 11. The highest BCUT2D eigenvalue weighted by Crippen LogP contribution is 2.27. The van der Waals surface area contributed by atoms with E-state index in [0.717, 1.165) is 24.3 Å². The zero-order chi connectivity index (χ0) is 20.7. The maximum atomic E-state index is 12.4. The topological polar surface area (TPSA) is 119 Å². The first-order valence-corrected chi connectivity index (χ1v) is 11.8. The molecule has 0 bridgehead atoms. The van der Waals surface area contributed by atoms with Crippen molar-refractivity contribution in [3.05, 3.63) is 22.1 Å². The standard InChI is InChI=1S/C16H25BrN6O3S2/c1-11(9-24)20-15-13(17)8-18-16(22-15)21-12-7-14(27-10-12)28(25,26)19-5-4-6-23(2)3/h7-8,10-11,19,24H,4-6,9H2,1-3H3,(H2,18,20,21,22)/t11-/m1/s1. The highest BCUT2D eigenvalue weighted by Gasteiger charge is 2.17. The monoisotopic (exact) mass is 492 g/mol. The Labute approximate surface area is 177 Å². The number of halogens is 1. The Morgan fingerprint density at radius 3 is 2.82 bits per heavy atom. The van der Waals surface area contributed by atoms with Crippen LogP contribution in [0, 0.1) is 0 Å². The summed E-state index contributed by atoms with van der Waals surface area (Å²) in [5.41, 5.74) is 0.585. The molecule has 0 aromatic carbocycles. The van der Waals surface area contributed by atoms with Crippen LogP contribution >= 0.6 is 27.3 Å². The van der Waals surface area contributed by atoms with Crippen LogP contribution in [0.25, 0.3) is 0 Å². The summed E-state index contributed by atoms with van der Waals surface area (Å²) in [7, 11) is 0.349. The molecule has 0 unspecified atom stereocenters. The third kappa shape index (κ3) is 6.94. The number of aromatic nitrogens is 2. The van der Waals surface area contributed by atoms with Crippen molar-refractivity contribution in [2.24, 2.45) is 0 Å². The van der Waals surface area contributed by atoms with E-state index in [1.54, 1.807) is 17.6 Å². The van der Waals surface area contributed by atoms with Crippen LogP contribution in [0.2, 0.25) is 0 Å². The number of hydrogen-bond acceptors (Lipinski definition) is 9. The van der Waals surface area contributed by atoms with Gasteiger partial charge in [-0.05, 0) is 56.0 Å². The van der Waals surface area contributed by atoms with E-state index in [9.17, 15) is 13.5 Å². The Bertz CT molecular complexity index is 875. The Hall–Kier alpha value is -1.31. The molecule has 2 rings (SSSR count). The summed E-state index contributed by atoms with van der Waals surface area (Å²) in [4.78, 5) is 10.5. The molecule has 0 spiro atoms. The fourth-order valence-electron chi connectivity index (χ4n) is 2.13. The first-order valence-electron chi connectivity index (χ1n) is 8.61. The molecule has 0 saturated carbocycles. The first-order chi connectivity index (χ1) is 13.2. The molecule has 2 aromatic rings. The van der Waals surface area contributed by atoms with Crippen molar-refractivity contribution in [3.63, 3.8) is 0 Å². The van der Waals surface area contributed by atoms with E-state index >= 15 is 0 Å². The summed E-state index contributed by atoms with van der Waals surface area (Å²) < 4.78 is 28.3. The zero-order valence-electron chi connectivity index (χ0n) is 15.9. The molecule has 9 nitrogen and oxygen atoms in total. The van der Waals surface area contributed by atoms with Crippen molar-refractivity contribution in [2.45, 2.75) is 23.6 Å². The molecule has 2 heterocycles. The minimum Gasteiger partial charge on any atom is -0.394 e. The van der Waals surface area contributed by atoms with Crippen molar-refractivity contribution >= 4 is 54.7 Å². The van der Waals surface area contributed by atoms with Crippen LogP contribution < -0.4 is 15.4 Å². The van der Waals surface area contributed by atoms with E-state index in [1.165, 1.54) is 0 Å². The summed E-state index contributed by atoms with van der Waals surface area (Å²) >= 11 is 4.48. The van der Waals surface area contributed by atoms with Gasteiger partial charge in [-0.2, -0.15) is 4.98 Å². The van der Waals surface area contributed by atoms with Gasteiger partial charge in [-0.3, -0.25) is 0 Å². The number of nitrogens with one attached hydrogen (secondary N) is 3. The third-order valence-electron chi connectivity index (χ3n) is 3.57. The van der Waals surface area contributed by atoms with Crippen molar-refractivity contribution in [1.82, 2.24) is 19.6 Å². The van der Waals surface area contributed by atoms with E-state index in [0.29, 0.717) is 28.5 Å². The molecule has 156 valence electrons. The van der Waals surface area contributed by atoms with Gasteiger partial charge in [-0.1, -0.05) is 0 Å². The average Bonchev–Trinajstić information content (AvgIpc) is 3.11. The number of aliphatic hydroxyl groups excluding tert-OH is 1. The third-order valence-corrected chi connectivity index (χ3v) is 7.05. The summed E-state index contributed by atoms with van der Waals surface area (Å²) in [5.74, 6) is 0.848. The van der Waals surface area contributed by atoms with Crippen molar-refractivity contribution < 1.29 is 13.5 Å². The van der Waals surface area contributed by atoms with Gasteiger partial charge in [-0.15, -0.1) is 11.3 Å². The van der Waals surface area contributed by atoms with Crippen LogP contribution in [0.3, 0.4) is 0 Å².